The van der Waals surface area contributed by atoms with Gasteiger partial charge in [-0.1, -0.05) is 23.6 Å². The van der Waals surface area contributed by atoms with Gasteiger partial charge in [0.15, 0.2) is 0 Å². The van der Waals surface area contributed by atoms with E-state index in [1.54, 1.807) is 5.57 Å². The quantitative estimate of drug-likeness (QED) is 0.522. The predicted octanol–water partition coefficient (Wildman–Crippen LogP) is 3.76. The van der Waals surface area contributed by atoms with Gasteiger partial charge in [-0.2, -0.15) is 5.10 Å². The van der Waals surface area contributed by atoms with Crippen LogP contribution in [0, 0.1) is 0 Å². The summed E-state index contributed by atoms with van der Waals surface area (Å²) in [5.41, 5.74) is 4.25. The Bertz CT molecular complexity index is 297. The highest BCUT2D eigenvalue weighted by molar-refractivity contribution is 5.83. The van der Waals surface area contributed by atoms with Gasteiger partial charge in [0.25, 0.3) is 0 Å². The van der Waals surface area contributed by atoms with Crippen LogP contribution >= 0.6 is 0 Å². The third kappa shape index (κ3) is 4.65. The fraction of sp³-hybridized carbons (Fsp3) is 0.643. The van der Waals surface area contributed by atoms with Crippen LogP contribution in [0.1, 0.15) is 46.0 Å². The molecule has 0 unspecified atom stereocenters. The molecule has 90 valence electrons. The van der Waals surface area contributed by atoms with Gasteiger partial charge in [-0.05, 0) is 45.1 Å². The molecule has 0 spiro atoms. The van der Waals surface area contributed by atoms with Crippen LogP contribution in [-0.2, 0) is 0 Å². The van der Waals surface area contributed by atoms with Crippen molar-refractivity contribution in [1.29, 1.82) is 0 Å². The lowest BCUT2D eigenvalue weighted by Gasteiger charge is -2.16. The maximum absolute atomic E-state index is 4.36. The Hall–Kier alpha value is -1.05. The molecule has 2 heteroatoms. The normalized spacial score (nSPS) is 16.4. The Kier molecular flexibility index (Phi) is 5.30. The molecule has 0 aromatic heterocycles. The standard InChI is InChI=1S/C14H24N2/c1-12(2)10-14(11-15-16(3)4)13-8-6-5-7-9-13/h10-11H,5-9H2,1-4H3/b15-11+. The molecule has 1 rings (SSSR count). The SMILES string of the molecule is CC(C)=CC(/C=N/N(C)C)=C1CCCCC1. The molecule has 0 saturated heterocycles. The van der Waals surface area contributed by atoms with Crippen LogP contribution < -0.4 is 0 Å². The predicted molar refractivity (Wildman–Crippen MR) is 71.7 cm³/mol. The average molecular weight is 220 g/mol. The summed E-state index contributed by atoms with van der Waals surface area (Å²) in [7, 11) is 3.92. The number of nitrogens with zero attached hydrogens (tertiary/aromatic N) is 2. The van der Waals surface area contributed by atoms with Gasteiger partial charge < -0.3 is 5.01 Å². The Morgan fingerprint density at radius 3 is 2.25 bits per heavy atom. The van der Waals surface area contributed by atoms with Crippen LogP contribution in [0.4, 0.5) is 0 Å². The van der Waals surface area contributed by atoms with E-state index in [0.717, 1.165) is 0 Å². The number of hydrogen-bond donors (Lipinski definition) is 0. The topological polar surface area (TPSA) is 15.6 Å². The van der Waals surface area contributed by atoms with Crippen molar-refractivity contribution < 1.29 is 0 Å². The highest BCUT2D eigenvalue weighted by atomic mass is 15.4. The second kappa shape index (κ2) is 6.51. The molecule has 1 saturated carbocycles. The van der Waals surface area contributed by atoms with Crippen molar-refractivity contribution >= 4 is 6.21 Å². The van der Waals surface area contributed by atoms with Crippen LogP contribution in [0.25, 0.3) is 0 Å². The van der Waals surface area contributed by atoms with Crippen LogP contribution in [0.3, 0.4) is 0 Å². The Balaban J connectivity index is 2.89. The number of rotatable bonds is 3. The van der Waals surface area contributed by atoms with Crippen molar-refractivity contribution in [2.45, 2.75) is 46.0 Å². The van der Waals surface area contributed by atoms with Gasteiger partial charge in [-0.3, -0.25) is 0 Å². The molecule has 1 aliphatic carbocycles. The summed E-state index contributed by atoms with van der Waals surface area (Å²) in [5.74, 6) is 0. The van der Waals surface area contributed by atoms with E-state index >= 15 is 0 Å². The first-order chi connectivity index (χ1) is 7.59. The van der Waals surface area contributed by atoms with Gasteiger partial charge in [0, 0.05) is 14.1 Å². The van der Waals surface area contributed by atoms with Crippen LogP contribution in [0.2, 0.25) is 0 Å². The smallest absolute Gasteiger partial charge is 0.0542 e. The van der Waals surface area contributed by atoms with E-state index in [1.807, 2.05) is 25.3 Å². The summed E-state index contributed by atoms with van der Waals surface area (Å²) in [6, 6.07) is 0. The highest BCUT2D eigenvalue weighted by Crippen LogP contribution is 2.26. The van der Waals surface area contributed by atoms with E-state index in [-0.39, 0.29) is 0 Å². The molecule has 16 heavy (non-hydrogen) atoms. The zero-order valence-electron chi connectivity index (χ0n) is 11.1. The van der Waals surface area contributed by atoms with Crippen molar-refractivity contribution in [1.82, 2.24) is 5.01 Å². The fourth-order valence-electron chi connectivity index (χ4n) is 1.99. The lowest BCUT2D eigenvalue weighted by Crippen LogP contribution is -2.04. The van der Waals surface area contributed by atoms with E-state index in [9.17, 15) is 0 Å². The minimum atomic E-state index is 1.25. The zero-order valence-corrected chi connectivity index (χ0v) is 11.1. The van der Waals surface area contributed by atoms with Crippen molar-refractivity contribution in [3.05, 3.63) is 22.8 Å². The highest BCUT2D eigenvalue weighted by Gasteiger charge is 2.08. The molecule has 0 heterocycles. The average Bonchev–Trinajstić information content (AvgIpc) is 2.25. The maximum Gasteiger partial charge on any atom is 0.0542 e. The van der Waals surface area contributed by atoms with E-state index in [1.165, 1.54) is 43.3 Å². The second-order valence-electron chi connectivity index (χ2n) is 4.93. The van der Waals surface area contributed by atoms with Crippen molar-refractivity contribution in [3.63, 3.8) is 0 Å². The number of allylic oxidation sites excluding steroid dienone is 4. The molecule has 1 fully saturated rings. The van der Waals surface area contributed by atoms with Gasteiger partial charge in [-0.15, -0.1) is 0 Å². The maximum atomic E-state index is 4.36. The summed E-state index contributed by atoms with van der Waals surface area (Å²) in [6.45, 7) is 4.29. The van der Waals surface area contributed by atoms with Gasteiger partial charge >= 0.3 is 0 Å². The first-order valence-electron chi connectivity index (χ1n) is 6.18. The molecule has 0 aliphatic heterocycles. The minimum Gasteiger partial charge on any atom is -0.303 e. The second-order valence-corrected chi connectivity index (χ2v) is 4.93. The Morgan fingerprint density at radius 1 is 1.12 bits per heavy atom. The van der Waals surface area contributed by atoms with Crippen LogP contribution in [0.15, 0.2) is 27.9 Å². The minimum absolute atomic E-state index is 1.25. The molecule has 0 amide bonds. The lowest BCUT2D eigenvalue weighted by molar-refractivity contribution is 0.440. The molecule has 2 nitrogen and oxygen atoms in total. The van der Waals surface area contributed by atoms with E-state index < -0.39 is 0 Å². The molecule has 0 aromatic carbocycles. The molecule has 0 bridgehead atoms. The van der Waals surface area contributed by atoms with Crippen LogP contribution in [-0.4, -0.2) is 25.3 Å². The summed E-state index contributed by atoms with van der Waals surface area (Å²) in [6.07, 6.45) is 10.8. The monoisotopic (exact) mass is 220 g/mol. The van der Waals surface area contributed by atoms with E-state index in [2.05, 4.69) is 25.0 Å². The molecular formula is C14H24N2. The van der Waals surface area contributed by atoms with E-state index in [4.69, 9.17) is 0 Å². The first kappa shape index (κ1) is 13.0. The summed E-state index contributed by atoms with van der Waals surface area (Å²) < 4.78 is 0. The third-order valence-corrected chi connectivity index (χ3v) is 2.74. The Labute approximate surface area is 99.7 Å². The van der Waals surface area contributed by atoms with Crippen molar-refractivity contribution in [3.8, 4) is 0 Å². The molecule has 0 N–H and O–H groups in total. The van der Waals surface area contributed by atoms with Gasteiger partial charge in [0.1, 0.15) is 0 Å². The lowest BCUT2D eigenvalue weighted by atomic mass is 9.91. The molecule has 1 aliphatic rings. The number of hydrazone groups is 1. The van der Waals surface area contributed by atoms with Gasteiger partial charge in [0.05, 0.1) is 6.21 Å². The van der Waals surface area contributed by atoms with Crippen molar-refractivity contribution in [2.24, 2.45) is 5.10 Å². The number of hydrogen-bond acceptors (Lipinski definition) is 2. The summed E-state index contributed by atoms with van der Waals surface area (Å²) in [4.78, 5) is 0. The molecule has 0 atom stereocenters. The zero-order chi connectivity index (χ0) is 12.0. The van der Waals surface area contributed by atoms with Crippen molar-refractivity contribution in [2.75, 3.05) is 14.1 Å². The van der Waals surface area contributed by atoms with E-state index in [0.29, 0.717) is 0 Å². The third-order valence-electron chi connectivity index (χ3n) is 2.74. The summed E-state index contributed by atoms with van der Waals surface area (Å²) in [5, 5.41) is 6.21. The Morgan fingerprint density at radius 2 is 1.75 bits per heavy atom. The summed E-state index contributed by atoms with van der Waals surface area (Å²) >= 11 is 0. The van der Waals surface area contributed by atoms with Gasteiger partial charge in [-0.25, -0.2) is 0 Å². The molecular weight excluding hydrogens is 196 g/mol. The largest absolute Gasteiger partial charge is 0.303 e. The molecule has 0 radical (unpaired) electrons. The van der Waals surface area contributed by atoms with Gasteiger partial charge in [0.2, 0.25) is 0 Å². The fourth-order valence-corrected chi connectivity index (χ4v) is 1.99. The molecule has 0 aromatic rings. The first-order valence-corrected chi connectivity index (χ1v) is 6.18. The van der Waals surface area contributed by atoms with Crippen LogP contribution in [0.5, 0.6) is 0 Å².